The van der Waals surface area contributed by atoms with Gasteiger partial charge in [0.05, 0.1) is 12.3 Å². The van der Waals surface area contributed by atoms with Crippen LogP contribution in [0.3, 0.4) is 0 Å². The van der Waals surface area contributed by atoms with Crippen LogP contribution in [-0.4, -0.2) is 93.6 Å². The number of rotatable bonds is 13. The molecule has 1 aliphatic rings. The lowest BCUT2D eigenvalue weighted by Gasteiger charge is -2.42. The number of nitrogens with two attached hydrogens (primary N) is 1. The average molecular weight is 753 g/mol. The number of carbonyl (C=O) groups excluding carboxylic acids is 3. The molecule has 1 saturated heterocycles. The van der Waals surface area contributed by atoms with Crippen molar-refractivity contribution in [3.8, 4) is 5.75 Å². The maximum absolute atomic E-state index is 13.0. The van der Waals surface area contributed by atoms with E-state index in [4.69, 9.17) is 10.6 Å². The van der Waals surface area contributed by atoms with Crippen LogP contribution < -0.4 is 16.5 Å². The summed E-state index contributed by atoms with van der Waals surface area (Å²) in [6.07, 6.45) is 1.34. The quantitative estimate of drug-likeness (QED) is 0.0577. The Balaban J connectivity index is 0.000000785. The van der Waals surface area contributed by atoms with Crippen LogP contribution in [0.4, 0.5) is 5.13 Å². The summed E-state index contributed by atoms with van der Waals surface area (Å²) in [6, 6.07) is 14.8. The van der Waals surface area contributed by atoms with Gasteiger partial charge in [0.2, 0.25) is 0 Å². The highest BCUT2D eigenvalue weighted by Gasteiger charge is 2.51. The highest BCUT2D eigenvalue weighted by Crippen LogP contribution is 2.27. The number of benzene rings is 3. The van der Waals surface area contributed by atoms with Crippen molar-refractivity contribution < 1.29 is 37.3 Å². The maximum atomic E-state index is 13.0. The molecule has 1 aromatic heterocycles. The lowest BCUT2D eigenvalue weighted by Crippen LogP contribution is -2.71. The summed E-state index contributed by atoms with van der Waals surface area (Å²) in [6.45, 7) is 11.3. The van der Waals surface area contributed by atoms with E-state index in [0.717, 1.165) is 16.7 Å². The van der Waals surface area contributed by atoms with Gasteiger partial charge in [-0.1, -0.05) is 68.4 Å². The van der Waals surface area contributed by atoms with Crippen LogP contribution in [0.2, 0.25) is 0 Å². The average Bonchev–Trinajstić information content (AvgIpc) is 3.56. The van der Waals surface area contributed by atoms with Gasteiger partial charge in [0.1, 0.15) is 24.1 Å². The predicted molar refractivity (Wildman–Crippen MR) is 198 cm³/mol. The molecule has 1 aliphatic heterocycles. The van der Waals surface area contributed by atoms with Gasteiger partial charge >= 0.3 is 10.3 Å². The fourth-order valence-corrected chi connectivity index (χ4v) is 6.54. The van der Waals surface area contributed by atoms with Gasteiger partial charge in [0, 0.05) is 21.9 Å². The number of nitrogen functional groups attached to an aromatic ring is 1. The van der Waals surface area contributed by atoms with Crippen molar-refractivity contribution in [2.24, 2.45) is 10.3 Å². The number of thiazole rings is 1. The molecule has 2 atom stereocenters. The SMILES string of the molecule is CCN(CC)CC.C[C@H]1[C@H](NC(=O)/C(=N\OCc2ccc(C(=O)N/N=C/c3ccc4ccccc4c3O)cc2)c2csc(N)n2)C(=O)N1S(=O)(=O)O. The fourth-order valence-electron chi connectivity index (χ4n) is 5.11. The van der Waals surface area contributed by atoms with Gasteiger partial charge in [0.15, 0.2) is 10.8 Å². The number of β-lactam (4-membered cyclic amide) rings is 1. The zero-order valence-electron chi connectivity index (χ0n) is 28.9. The molecule has 276 valence electrons. The van der Waals surface area contributed by atoms with Crippen molar-refractivity contribution in [3.63, 3.8) is 0 Å². The highest BCUT2D eigenvalue weighted by molar-refractivity contribution is 7.84. The Bertz CT molecular complexity index is 2060. The van der Waals surface area contributed by atoms with Crippen molar-refractivity contribution >= 4 is 67.2 Å². The van der Waals surface area contributed by atoms with Gasteiger partial charge in [0.25, 0.3) is 17.7 Å². The van der Waals surface area contributed by atoms with Gasteiger partial charge in [-0.15, -0.1) is 11.3 Å². The second kappa shape index (κ2) is 17.7. The molecular weight excluding hydrogens is 713 g/mol. The van der Waals surface area contributed by atoms with E-state index in [0.29, 0.717) is 22.1 Å². The van der Waals surface area contributed by atoms with Crippen LogP contribution in [0.1, 0.15) is 54.9 Å². The van der Waals surface area contributed by atoms with E-state index >= 15 is 0 Å². The van der Waals surface area contributed by atoms with Crippen LogP contribution in [0, 0.1) is 0 Å². The number of fused-ring (bicyclic) bond motifs is 1. The molecule has 18 heteroatoms. The largest absolute Gasteiger partial charge is 0.507 e. The van der Waals surface area contributed by atoms with Crippen molar-refractivity contribution in [2.45, 2.75) is 46.4 Å². The van der Waals surface area contributed by atoms with E-state index in [1.807, 2.05) is 24.3 Å². The minimum atomic E-state index is -4.77. The van der Waals surface area contributed by atoms with Gasteiger partial charge in [-0.05, 0) is 55.7 Å². The molecule has 52 heavy (non-hydrogen) atoms. The summed E-state index contributed by atoms with van der Waals surface area (Å²) in [4.78, 5) is 49.5. The molecule has 3 aromatic carbocycles. The molecule has 3 amide bonds. The summed E-state index contributed by atoms with van der Waals surface area (Å²) in [7, 11) is -4.77. The normalized spacial score (nSPS) is 16.0. The number of aromatic nitrogens is 1. The number of amides is 3. The molecule has 0 radical (unpaired) electrons. The fraction of sp³-hybridized carbons (Fsp3) is 0.294. The maximum Gasteiger partial charge on any atom is 0.362 e. The summed E-state index contributed by atoms with van der Waals surface area (Å²) >= 11 is 1.04. The molecule has 0 saturated carbocycles. The molecule has 2 heterocycles. The van der Waals surface area contributed by atoms with E-state index < -0.39 is 40.1 Å². The van der Waals surface area contributed by atoms with Gasteiger partial charge < -0.3 is 25.9 Å². The van der Waals surface area contributed by atoms with E-state index in [9.17, 15) is 32.5 Å². The highest BCUT2D eigenvalue weighted by atomic mass is 32.2. The third-order valence-electron chi connectivity index (χ3n) is 8.10. The standard InChI is InChI=1S/C28H25N7O8S2.C6H15N/c1-15-22(27(39)35(15)45(40,41)42)32-26(38)23(21-14-44-28(29)31-21)34-43-13-16-6-8-18(9-7-16)25(37)33-30-12-19-11-10-17-4-2-3-5-20(17)24(19)36;1-4-7(5-2)6-3/h2-12,14-15,22,36H,13H2,1H3,(H2,29,31)(H,32,38)(H,33,37)(H,40,41,42);4-6H2,1-3H3/b30-12+,34-23-;/t15-,22-;/m0./s1. The number of phenols is 1. The molecule has 0 unspecified atom stereocenters. The monoisotopic (exact) mass is 752 g/mol. The second-order valence-electron chi connectivity index (χ2n) is 11.3. The van der Waals surface area contributed by atoms with E-state index in [2.05, 4.69) is 51.7 Å². The van der Waals surface area contributed by atoms with Crippen LogP contribution in [0.5, 0.6) is 5.75 Å². The number of carbonyl (C=O) groups is 3. The van der Waals surface area contributed by atoms with Crippen LogP contribution in [0.15, 0.2) is 76.3 Å². The molecule has 16 nitrogen and oxygen atoms in total. The molecule has 5 rings (SSSR count). The Hall–Kier alpha value is -5.43. The lowest BCUT2D eigenvalue weighted by molar-refractivity contribution is -0.143. The van der Waals surface area contributed by atoms with Crippen LogP contribution >= 0.6 is 11.3 Å². The number of nitrogens with one attached hydrogen (secondary N) is 2. The first-order valence-electron chi connectivity index (χ1n) is 16.2. The Morgan fingerprint density at radius 2 is 1.75 bits per heavy atom. The van der Waals surface area contributed by atoms with Crippen LogP contribution in [-0.2, 0) is 31.3 Å². The summed E-state index contributed by atoms with van der Waals surface area (Å²) in [5.41, 5.74) is 9.14. The van der Waals surface area contributed by atoms with Gasteiger partial charge in [-0.3, -0.25) is 18.9 Å². The minimum absolute atomic E-state index is 0.0480. The zero-order valence-corrected chi connectivity index (χ0v) is 30.5. The van der Waals surface area contributed by atoms with Crippen molar-refractivity contribution in [2.75, 3.05) is 25.4 Å². The number of nitrogens with zero attached hydrogens (tertiary/aromatic N) is 5. The van der Waals surface area contributed by atoms with E-state index in [1.165, 1.54) is 50.3 Å². The molecule has 1 fully saturated rings. The van der Waals surface area contributed by atoms with Gasteiger partial charge in [-0.25, -0.2) is 14.7 Å². The molecule has 0 spiro atoms. The summed E-state index contributed by atoms with van der Waals surface area (Å²) < 4.78 is 32.1. The smallest absolute Gasteiger partial charge is 0.362 e. The second-order valence-corrected chi connectivity index (χ2v) is 13.5. The summed E-state index contributed by atoms with van der Waals surface area (Å²) in [5, 5.41) is 23.8. The lowest BCUT2D eigenvalue weighted by atomic mass is 10.0. The van der Waals surface area contributed by atoms with Crippen LogP contribution in [0.25, 0.3) is 10.8 Å². The number of hydrogen-bond acceptors (Lipinski definition) is 13. The summed E-state index contributed by atoms with van der Waals surface area (Å²) in [5.74, 6) is -2.35. The number of hydrogen-bond donors (Lipinski definition) is 5. The first-order valence-corrected chi connectivity index (χ1v) is 18.4. The Kier molecular flexibility index (Phi) is 13.4. The predicted octanol–water partition coefficient (Wildman–Crippen LogP) is 3.14. The topological polar surface area (TPSA) is 229 Å². The number of aromatic hydroxyl groups is 1. The zero-order chi connectivity index (χ0) is 38.0. The van der Waals surface area contributed by atoms with Gasteiger partial charge in [-0.2, -0.15) is 13.5 Å². The number of hydrazone groups is 1. The van der Waals surface area contributed by atoms with Crippen molar-refractivity contribution in [3.05, 3.63) is 88.4 Å². The number of anilines is 1. The number of phenolic OH excluding ortho intramolecular Hbond substituents is 1. The van der Waals surface area contributed by atoms with Crippen molar-refractivity contribution in [1.82, 2.24) is 24.9 Å². The van der Waals surface area contributed by atoms with E-state index in [1.54, 1.807) is 24.3 Å². The molecular formula is C34H40N8O8S2. The Morgan fingerprint density at radius 1 is 1.08 bits per heavy atom. The third-order valence-corrected chi connectivity index (χ3v) is 9.78. The molecule has 4 aromatic rings. The molecule has 0 bridgehead atoms. The third kappa shape index (κ3) is 9.66. The Labute approximate surface area is 304 Å². The van der Waals surface area contributed by atoms with E-state index in [-0.39, 0.29) is 33.2 Å². The number of oxime groups is 1. The minimum Gasteiger partial charge on any atom is -0.507 e. The van der Waals surface area contributed by atoms with Crippen molar-refractivity contribution in [1.29, 1.82) is 0 Å². The first kappa shape index (κ1) is 39.4. The molecule has 0 aliphatic carbocycles. The Morgan fingerprint density at radius 3 is 2.33 bits per heavy atom. The molecule has 6 N–H and O–H groups in total. The first-order chi connectivity index (χ1) is 24.8.